The molecule has 2 rings (SSSR count). The van der Waals surface area contributed by atoms with E-state index < -0.39 is 0 Å². The number of aryl methyl sites for hydroxylation is 1. The normalized spacial score (nSPS) is 10.4. The summed E-state index contributed by atoms with van der Waals surface area (Å²) in [5.41, 5.74) is 3.78. The Balaban J connectivity index is 2.16. The molecule has 16 heavy (non-hydrogen) atoms. The van der Waals surface area contributed by atoms with Crippen LogP contribution < -0.4 is 0 Å². The Kier molecular flexibility index (Phi) is 3.35. The lowest BCUT2D eigenvalue weighted by molar-refractivity contribution is 0.627. The first-order valence-corrected chi connectivity index (χ1v) is 5.60. The second-order valence-corrected chi connectivity index (χ2v) is 3.98. The lowest BCUT2D eigenvalue weighted by Crippen LogP contribution is -1.90. The van der Waals surface area contributed by atoms with E-state index in [4.69, 9.17) is 0 Å². The van der Waals surface area contributed by atoms with Crippen molar-refractivity contribution in [3.63, 3.8) is 0 Å². The zero-order chi connectivity index (χ0) is 11.4. The van der Waals surface area contributed by atoms with Gasteiger partial charge in [-0.15, -0.1) is 0 Å². The summed E-state index contributed by atoms with van der Waals surface area (Å²) in [6.45, 7) is 2.15. The lowest BCUT2D eigenvalue weighted by atomic mass is 10.0. The van der Waals surface area contributed by atoms with Crippen LogP contribution in [0.5, 0.6) is 0 Å². The van der Waals surface area contributed by atoms with E-state index in [1.165, 1.54) is 23.3 Å². The third-order valence-electron chi connectivity index (χ3n) is 2.72. The van der Waals surface area contributed by atoms with E-state index in [0.717, 1.165) is 18.4 Å². The first-order chi connectivity index (χ1) is 7.78. The van der Waals surface area contributed by atoms with E-state index in [2.05, 4.69) is 31.2 Å². The first-order valence-electron chi connectivity index (χ1n) is 5.60. The van der Waals surface area contributed by atoms with Crippen LogP contribution in [0.4, 0.5) is 4.39 Å². The zero-order valence-corrected chi connectivity index (χ0v) is 9.41. The van der Waals surface area contributed by atoms with Crippen molar-refractivity contribution in [2.45, 2.75) is 19.8 Å². The van der Waals surface area contributed by atoms with Crippen LogP contribution in [-0.4, -0.2) is 0 Å². The van der Waals surface area contributed by atoms with Gasteiger partial charge >= 0.3 is 0 Å². The third-order valence-corrected chi connectivity index (χ3v) is 2.72. The van der Waals surface area contributed by atoms with Crippen molar-refractivity contribution in [2.24, 2.45) is 0 Å². The predicted octanol–water partition coefficient (Wildman–Crippen LogP) is 3.98. The second-order valence-electron chi connectivity index (χ2n) is 3.98. The summed E-state index contributed by atoms with van der Waals surface area (Å²) in [7, 11) is 0. The molecule has 0 aliphatic rings. The molecule has 0 unspecified atom stereocenters. The molecule has 0 saturated carbocycles. The highest BCUT2D eigenvalue weighted by Crippen LogP contribution is 2.12. The highest BCUT2D eigenvalue weighted by molar-refractivity contribution is 5.29. The molecular formula is C15H15F. The van der Waals surface area contributed by atoms with Gasteiger partial charge in [-0.2, -0.15) is 0 Å². The van der Waals surface area contributed by atoms with Gasteiger partial charge in [0.25, 0.3) is 0 Å². The van der Waals surface area contributed by atoms with Gasteiger partial charge in [0.05, 0.1) is 0 Å². The first kappa shape index (κ1) is 10.9. The van der Waals surface area contributed by atoms with E-state index in [9.17, 15) is 4.39 Å². The average molecular weight is 214 g/mol. The van der Waals surface area contributed by atoms with Crippen LogP contribution >= 0.6 is 0 Å². The van der Waals surface area contributed by atoms with Gasteiger partial charge in [0.1, 0.15) is 5.82 Å². The number of halogens is 1. The van der Waals surface area contributed by atoms with Gasteiger partial charge in [0, 0.05) is 0 Å². The Bertz CT molecular complexity index is 457. The SMILES string of the molecule is CCc1cccc(Cc2ccc(F)cc2)c1. The minimum Gasteiger partial charge on any atom is -0.207 e. The Labute approximate surface area is 95.7 Å². The maximum atomic E-state index is 12.7. The molecule has 82 valence electrons. The van der Waals surface area contributed by atoms with Crippen LogP contribution in [-0.2, 0) is 12.8 Å². The largest absolute Gasteiger partial charge is 0.207 e. The highest BCUT2D eigenvalue weighted by Gasteiger charge is 1.98. The minimum absolute atomic E-state index is 0.175. The minimum atomic E-state index is -0.175. The second kappa shape index (κ2) is 4.93. The van der Waals surface area contributed by atoms with Crippen LogP contribution in [0.1, 0.15) is 23.6 Å². The molecule has 0 aromatic heterocycles. The molecule has 1 heteroatoms. The monoisotopic (exact) mass is 214 g/mol. The van der Waals surface area contributed by atoms with E-state index >= 15 is 0 Å². The van der Waals surface area contributed by atoms with Gasteiger partial charge in [-0.25, -0.2) is 4.39 Å². The maximum absolute atomic E-state index is 12.7. The van der Waals surface area contributed by atoms with Crippen LogP contribution in [0.3, 0.4) is 0 Å². The number of rotatable bonds is 3. The van der Waals surface area contributed by atoms with Crippen LogP contribution in [0.25, 0.3) is 0 Å². The number of hydrogen-bond donors (Lipinski definition) is 0. The number of hydrogen-bond acceptors (Lipinski definition) is 0. The van der Waals surface area contributed by atoms with Crippen molar-refractivity contribution in [3.05, 3.63) is 71.0 Å². The van der Waals surface area contributed by atoms with Gasteiger partial charge in [0.2, 0.25) is 0 Å². The molecule has 0 atom stereocenters. The summed E-state index contributed by atoms with van der Waals surface area (Å²) in [5.74, 6) is -0.175. The fourth-order valence-electron chi connectivity index (χ4n) is 1.80. The molecule has 0 aliphatic heterocycles. The molecule has 0 nitrogen and oxygen atoms in total. The standard InChI is InChI=1S/C15H15F/c1-2-12-4-3-5-14(10-12)11-13-6-8-15(16)9-7-13/h3-10H,2,11H2,1H3. The van der Waals surface area contributed by atoms with Crippen molar-refractivity contribution >= 4 is 0 Å². The predicted molar refractivity (Wildman–Crippen MR) is 65.0 cm³/mol. The molecule has 0 N–H and O–H groups in total. The van der Waals surface area contributed by atoms with Gasteiger partial charge < -0.3 is 0 Å². The Morgan fingerprint density at radius 3 is 2.25 bits per heavy atom. The molecule has 0 heterocycles. The zero-order valence-electron chi connectivity index (χ0n) is 9.41. The van der Waals surface area contributed by atoms with Crippen molar-refractivity contribution < 1.29 is 4.39 Å². The molecule has 0 fully saturated rings. The summed E-state index contributed by atoms with van der Waals surface area (Å²) >= 11 is 0. The van der Waals surface area contributed by atoms with Gasteiger partial charge in [0.15, 0.2) is 0 Å². The van der Waals surface area contributed by atoms with E-state index in [1.807, 2.05) is 12.1 Å². The molecule has 0 aliphatic carbocycles. The van der Waals surface area contributed by atoms with Crippen molar-refractivity contribution in [2.75, 3.05) is 0 Å². The molecule has 2 aromatic carbocycles. The molecule has 0 amide bonds. The molecule has 0 saturated heterocycles. The molecule has 0 radical (unpaired) electrons. The fourth-order valence-corrected chi connectivity index (χ4v) is 1.80. The Morgan fingerprint density at radius 1 is 0.875 bits per heavy atom. The summed E-state index contributed by atoms with van der Waals surface area (Å²) in [6, 6.07) is 15.2. The summed E-state index contributed by atoms with van der Waals surface area (Å²) in [4.78, 5) is 0. The summed E-state index contributed by atoms with van der Waals surface area (Å²) in [6.07, 6.45) is 1.92. The summed E-state index contributed by atoms with van der Waals surface area (Å²) < 4.78 is 12.7. The van der Waals surface area contributed by atoms with Crippen LogP contribution in [0.2, 0.25) is 0 Å². The molecule has 0 bridgehead atoms. The van der Waals surface area contributed by atoms with Crippen molar-refractivity contribution in [1.29, 1.82) is 0 Å². The maximum Gasteiger partial charge on any atom is 0.123 e. The average Bonchev–Trinajstić information content (AvgIpc) is 2.32. The molecule has 0 spiro atoms. The third kappa shape index (κ3) is 2.69. The summed E-state index contributed by atoms with van der Waals surface area (Å²) in [5, 5.41) is 0. The van der Waals surface area contributed by atoms with Crippen LogP contribution in [0.15, 0.2) is 48.5 Å². The topological polar surface area (TPSA) is 0 Å². The quantitative estimate of drug-likeness (QED) is 0.725. The fraction of sp³-hybridized carbons (Fsp3) is 0.200. The smallest absolute Gasteiger partial charge is 0.123 e. The van der Waals surface area contributed by atoms with Crippen molar-refractivity contribution in [1.82, 2.24) is 0 Å². The Hall–Kier alpha value is -1.63. The lowest BCUT2D eigenvalue weighted by Gasteiger charge is -2.04. The van der Waals surface area contributed by atoms with Crippen molar-refractivity contribution in [3.8, 4) is 0 Å². The van der Waals surface area contributed by atoms with E-state index in [0.29, 0.717) is 0 Å². The number of benzene rings is 2. The molecular weight excluding hydrogens is 199 g/mol. The Morgan fingerprint density at radius 2 is 1.56 bits per heavy atom. The van der Waals surface area contributed by atoms with Crippen LogP contribution in [0, 0.1) is 5.82 Å². The highest BCUT2D eigenvalue weighted by atomic mass is 19.1. The van der Waals surface area contributed by atoms with E-state index in [1.54, 1.807) is 0 Å². The van der Waals surface area contributed by atoms with Gasteiger partial charge in [-0.1, -0.05) is 43.3 Å². The van der Waals surface area contributed by atoms with E-state index in [-0.39, 0.29) is 5.82 Å². The van der Waals surface area contributed by atoms with Gasteiger partial charge in [-0.3, -0.25) is 0 Å². The molecule has 2 aromatic rings. The van der Waals surface area contributed by atoms with Gasteiger partial charge in [-0.05, 0) is 41.7 Å².